The molecular formula is C19H23NO2. The normalized spacial score (nSPS) is 15.3. The van der Waals surface area contributed by atoms with Crippen LogP contribution in [-0.4, -0.2) is 22.8 Å². The predicted molar refractivity (Wildman–Crippen MR) is 90.2 cm³/mol. The van der Waals surface area contributed by atoms with Crippen molar-refractivity contribution in [1.82, 2.24) is 4.90 Å². The SMILES string of the molecule is C=CC1=C(C=C)C(=O)N(C(C)Cc2ccccc2)C1=O.CC. The molecule has 2 amide bonds. The molecule has 116 valence electrons. The van der Waals surface area contributed by atoms with Crippen molar-refractivity contribution < 1.29 is 9.59 Å². The van der Waals surface area contributed by atoms with Gasteiger partial charge >= 0.3 is 0 Å². The van der Waals surface area contributed by atoms with Crippen molar-refractivity contribution in [2.24, 2.45) is 0 Å². The van der Waals surface area contributed by atoms with E-state index in [1.165, 1.54) is 17.1 Å². The molecule has 1 aromatic rings. The number of nitrogens with zero attached hydrogens (tertiary/aromatic N) is 1. The fraction of sp³-hybridized carbons (Fsp3) is 0.263. The van der Waals surface area contributed by atoms with E-state index in [2.05, 4.69) is 13.2 Å². The summed E-state index contributed by atoms with van der Waals surface area (Å²) in [6.45, 7) is 13.1. The molecule has 0 radical (unpaired) electrons. The average Bonchev–Trinajstić information content (AvgIpc) is 2.79. The Hall–Kier alpha value is -2.42. The van der Waals surface area contributed by atoms with Gasteiger partial charge in [-0.2, -0.15) is 0 Å². The molecule has 0 fully saturated rings. The molecule has 1 aliphatic heterocycles. The second kappa shape index (κ2) is 8.13. The summed E-state index contributed by atoms with van der Waals surface area (Å²) in [6.07, 6.45) is 3.48. The molecule has 22 heavy (non-hydrogen) atoms. The van der Waals surface area contributed by atoms with Crippen LogP contribution in [0.5, 0.6) is 0 Å². The standard InChI is InChI=1S/C17H17NO2.C2H6/c1-4-14-15(5-2)17(20)18(16(14)19)12(3)11-13-9-7-6-8-10-13;1-2/h4-10,12H,1-2,11H2,3H3;1-2H3. The van der Waals surface area contributed by atoms with Crippen molar-refractivity contribution in [2.45, 2.75) is 33.2 Å². The summed E-state index contributed by atoms with van der Waals surface area (Å²) < 4.78 is 0. The van der Waals surface area contributed by atoms with Gasteiger partial charge in [-0.3, -0.25) is 14.5 Å². The first-order valence-corrected chi connectivity index (χ1v) is 7.51. The number of benzene rings is 1. The Morgan fingerprint density at radius 1 is 1.00 bits per heavy atom. The number of carbonyl (C=O) groups is 2. The Balaban J connectivity index is 0.00000116. The number of amides is 2. The van der Waals surface area contributed by atoms with Gasteiger partial charge in [0, 0.05) is 6.04 Å². The number of carbonyl (C=O) groups excluding carboxylic acids is 2. The quantitative estimate of drug-likeness (QED) is 0.777. The van der Waals surface area contributed by atoms with Crippen molar-refractivity contribution >= 4 is 11.8 Å². The first-order chi connectivity index (χ1) is 10.6. The number of hydrogen-bond donors (Lipinski definition) is 0. The highest BCUT2D eigenvalue weighted by atomic mass is 16.2. The lowest BCUT2D eigenvalue weighted by molar-refractivity contribution is -0.139. The Morgan fingerprint density at radius 2 is 1.45 bits per heavy atom. The molecule has 0 saturated carbocycles. The molecule has 3 heteroatoms. The van der Waals surface area contributed by atoms with Gasteiger partial charge in [-0.05, 0) is 18.9 Å². The minimum Gasteiger partial charge on any atom is -0.271 e. The van der Waals surface area contributed by atoms with Crippen molar-refractivity contribution in [3.63, 3.8) is 0 Å². The second-order valence-electron chi connectivity index (χ2n) is 4.75. The van der Waals surface area contributed by atoms with Gasteiger partial charge in [0.2, 0.25) is 0 Å². The van der Waals surface area contributed by atoms with E-state index in [-0.39, 0.29) is 17.9 Å². The van der Waals surface area contributed by atoms with Gasteiger partial charge in [-0.25, -0.2) is 0 Å². The summed E-state index contributed by atoms with van der Waals surface area (Å²) in [4.78, 5) is 25.8. The molecule has 1 unspecified atom stereocenters. The maximum Gasteiger partial charge on any atom is 0.261 e. The van der Waals surface area contributed by atoms with Gasteiger partial charge < -0.3 is 0 Å². The largest absolute Gasteiger partial charge is 0.271 e. The first-order valence-electron chi connectivity index (χ1n) is 7.51. The van der Waals surface area contributed by atoms with E-state index in [0.29, 0.717) is 17.6 Å². The van der Waals surface area contributed by atoms with E-state index < -0.39 is 0 Å². The van der Waals surface area contributed by atoms with Crippen LogP contribution in [-0.2, 0) is 16.0 Å². The zero-order chi connectivity index (χ0) is 16.7. The van der Waals surface area contributed by atoms with Gasteiger partial charge in [0.25, 0.3) is 11.8 Å². The summed E-state index contributed by atoms with van der Waals surface area (Å²) in [5.41, 5.74) is 1.77. The van der Waals surface area contributed by atoms with Gasteiger partial charge in [-0.15, -0.1) is 0 Å². The summed E-state index contributed by atoms with van der Waals surface area (Å²) in [5.74, 6) is -0.577. The highest BCUT2D eigenvalue weighted by Crippen LogP contribution is 2.25. The number of hydrogen-bond acceptors (Lipinski definition) is 2. The summed E-state index contributed by atoms with van der Waals surface area (Å²) in [6, 6.07) is 9.59. The third-order valence-corrected chi connectivity index (χ3v) is 3.41. The Morgan fingerprint density at radius 3 is 1.86 bits per heavy atom. The van der Waals surface area contributed by atoms with E-state index in [1.54, 1.807) is 0 Å². The van der Waals surface area contributed by atoms with Crippen molar-refractivity contribution in [3.8, 4) is 0 Å². The van der Waals surface area contributed by atoms with Crippen LogP contribution in [0.15, 0.2) is 66.8 Å². The molecule has 1 heterocycles. The fourth-order valence-electron chi connectivity index (χ4n) is 2.42. The van der Waals surface area contributed by atoms with E-state index in [9.17, 15) is 9.59 Å². The molecule has 0 N–H and O–H groups in total. The monoisotopic (exact) mass is 297 g/mol. The lowest BCUT2D eigenvalue weighted by atomic mass is 10.1. The zero-order valence-electron chi connectivity index (χ0n) is 13.5. The van der Waals surface area contributed by atoms with Crippen LogP contribution in [0.4, 0.5) is 0 Å². The van der Waals surface area contributed by atoms with E-state index in [4.69, 9.17) is 0 Å². The maximum atomic E-state index is 12.3. The van der Waals surface area contributed by atoms with E-state index in [1.807, 2.05) is 51.1 Å². The third kappa shape index (κ3) is 3.42. The van der Waals surface area contributed by atoms with E-state index in [0.717, 1.165) is 5.56 Å². The molecule has 0 bridgehead atoms. The van der Waals surface area contributed by atoms with Crippen LogP contribution in [0, 0.1) is 0 Å². The van der Waals surface area contributed by atoms with Crippen LogP contribution >= 0.6 is 0 Å². The highest BCUT2D eigenvalue weighted by molar-refractivity contribution is 6.22. The minimum atomic E-state index is -0.289. The van der Waals surface area contributed by atoms with Gasteiger partial charge in [-0.1, -0.05) is 69.5 Å². The highest BCUT2D eigenvalue weighted by Gasteiger charge is 2.38. The van der Waals surface area contributed by atoms with Crippen LogP contribution in [0.25, 0.3) is 0 Å². The fourth-order valence-corrected chi connectivity index (χ4v) is 2.42. The van der Waals surface area contributed by atoms with Crippen LogP contribution in [0.1, 0.15) is 26.3 Å². The number of imide groups is 1. The molecule has 1 atom stereocenters. The molecule has 0 aromatic heterocycles. The number of rotatable bonds is 5. The lowest BCUT2D eigenvalue weighted by Gasteiger charge is -2.23. The van der Waals surface area contributed by atoms with Gasteiger partial charge in [0.1, 0.15) is 0 Å². The van der Waals surface area contributed by atoms with Crippen molar-refractivity contribution in [3.05, 3.63) is 72.4 Å². The topological polar surface area (TPSA) is 37.4 Å². The molecule has 1 aromatic carbocycles. The molecule has 0 saturated heterocycles. The minimum absolute atomic E-state index is 0.204. The Labute approximate surface area is 132 Å². The first kappa shape index (κ1) is 17.6. The second-order valence-corrected chi connectivity index (χ2v) is 4.75. The summed E-state index contributed by atoms with van der Waals surface area (Å²) in [7, 11) is 0. The molecule has 1 aliphatic rings. The predicted octanol–water partition coefficient (Wildman–Crippen LogP) is 3.68. The van der Waals surface area contributed by atoms with E-state index >= 15 is 0 Å². The van der Waals surface area contributed by atoms with Gasteiger partial charge in [0.05, 0.1) is 11.1 Å². The molecule has 0 aliphatic carbocycles. The molecule has 0 spiro atoms. The average molecular weight is 297 g/mol. The van der Waals surface area contributed by atoms with Crippen LogP contribution < -0.4 is 0 Å². The lowest BCUT2D eigenvalue weighted by Crippen LogP contribution is -2.40. The van der Waals surface area contributed by atoms with Crippen molar-refractivity contribution in [1.29, 1.82) is 0 Å². The maximum absolute atomic E-state index is 12.3. The Bertz CT molecular complexity index is 569. The molecule has 2 rings (SSSR count). The smallest absolute Gasteiger partial charge is 0.261 e. The third-order valence-electron chi connectivity index (χ3n) is 3.41. The summed E-state index contributed by atoms with van der Waals surface area (Å²) >= 11 is 0. The van der Waals surface area contributed by atoms with Gasteiger partial charge in [0.15, 0.2) is 0 Å². The Kier molecular flexibility index (Phi) is 6.51. The van der Waals surface area contributed by atoms with Crippen LogP contribution in [0.3, 0.4) is 0 Å². The molecular weight excluding hydrogens is 274 g/mol. The van der Waals surface area contributed by atoms with Crippen LogP contribution in [0.2, 0.25) is 0 Å². The molecule has 3 nitrogen and oxygen atoms in total. The summed E-state index contributed by atoms with van der Waals surface area (Å²) in [5, 5.41) is 0. The van der Waals surface area contributed by atoms with Crippen molar-refractivity contribution in [2.75, 3.05) is 0 Å². The zero-order valence-corrected chi connectivity index (χ0v) is 13.5.